The Kier molecular flexibility index (Phi) is 6.45. The van der Waals surface area contributed by atoms with Crippen LogP contribution in [0.1, 0.15) is 27.2 Å². The van der Waals surface area contributed by atoms with E-state index in [0.717, 1.165) is 11.1 Å². The van der Waals surface area contributed by atoms with E-state index in [4.69, 9.17) is 0 Å². The van der Waals surface area contributed by atoms with E-state index < -0.39 is 9.85 Å². The van der Waals surface area contributed by atoms with E-state index in [9.17, 15) is 25.0 Å². The molecule has 0 amide bonds. The lowest BCUT2D eigenvalue weighted by molar-refractivity contribution is -0.385. The van der Waals surface area contributed by atoms with Crippen LogP contribution in [0.4, 0.5) is 17.1 Å². The van der Waals surface area contributed by atoms with Crippen molar-refractivity contribution in [2.75, 3.05) is 5.43 Å². The van der Waals surface area contributed by atoms with E-state index in [1.807, 2.05) is 25.1 Å². The smallest absolute Gasteiger partial charge is 0.294 e. The molecule has 35 heavy (non-hydrogen) atoms. The minimum absolute atomic E-state index is 0.0491. The number of para-hydroxylation sites is 1. The molecule has 0 radical (unpaired) electrons. The Bertz CT molecular complexity index is 1520. The number of ketones is 1. The van der Waals surface area contributed by atoms with Crippen LogP contribution in [0.15, 0.2) is 84.1 Å². The summed E-state index contributed by atoms with van der Waals surface area (Å²) in [6.45, 7) is 1.82. The fraction of sp³-hybridized carbons (Fsp3) is 0.0400. The van der Waals surface area contributed by atoms with Crippen LogP contribution in [0, 0.1) is 27.2 Å². The molecule has 0 aliphatic heterocycles. The van der Waals surface area contributed by atoms with Gasteiger partial charge in [-0.3, -0.25) is 30.4 Å². The average molecular weight is 469 g/mol. The van der Waals surface area contributed by atoms with Gasteiger partial charge in [-0.25, -0.2) is 0 Å². The Labute approximate surface area is 199 Å². The molecule has 0 bridgehead atoms. The second-order valence-corrected chi connectivity index (χ2v) is 7.55. The van der Waals surface area contributed by atoms with Crippen molar-refractivity contribution in [3.05, 3.63) is 122 Å². The van der Waals surface area contributed by atoms with E-state index in [0.29, 0.717) is 11.3 Å². The number of carbonyl (C=O) groups excluding carboxylic acids is 1. The van der Waals surface area contributed by atoms with Gasteiger partial charge in [0.2, 0.25) is 5.78 Å². The van der Waals surface area contributed by atoms with Crippen molar-refractivity contribution in [3.8, 4) is 0 Å². The highest BCUT2D eigenvalue weighted by atomic mass is 16.6. The number of nitro benzene ring substituents is 2. The highest BCUT2D eigenvalue weighted by Crippen LogP contribution is 2.28. The van der Waals surface area contributed by atoms with Crippen LogP contribution in [0.3, 0.4) is 0 Å². The maximum atomic E-state index is 13.2. The lowest BCUT2D eigenvalue weighted by atomic mass is 10.0. The Balaban J connectivity index is 1.55. The highest BCUT2D eigenvalue weighted by Gasteiger charge is 2.21. The number of nitrogens with zero attached hydrogens (tertiary/aromatic N) is 4. The van der Waals surface area contributed by atoms with Gasteiger partial charge in [0.25, 0.3) is 11.4 Å². The number of hydrazone groups is 1. The Hall–Kier alpha value is -5.12. The number of fused-ring (bicyclic) bond motifs is 1. The first-order chi connectivity index (χ1) is 16.9. The van der Waals surface area contributed by atoms with Gasteiger partial charge in [0, 0.05) is 35.6 Å². The molecule has 0 saturated heterocycles. The fourth-order valence-electron chi connectivity index (χ4n) is 3.69. The van der Waals surface area contributed by atoms with Gasteiger partial charge >= 0.3 is 0 Å². The molecule has 4 rings (SSSR count). The summed E-state index contributed by atoms with van der Waals surface area (Å²) in [4.78, 5) is 34.8. The molecule has 0 fully saturated rings. The Morgan fingerprint density at radius 3 is 2.49 bits per heavy atom. The molecular formula is C25H19N5O5. The first-order valence-electron chi connectivity index (χ1n) is 10.5. The van der Waals surface area contributed by atoms with Gasteiger partial charge in [-0.1, -0.05) is 18.2 Å². The Morgan fingerprint density at radius 2 is 1.71 bits per heavy atom. The number of aromatic nitrogens is 1. The first-order valence-corrected chi connectivity index (χ1v) is 10.5. The van der Waals surface area contributed by atoms with Crippen molar-refractivity contribution in [1.82, 2.24) is 4.40 Å². The first kappa shape index (κ1) is 23.1. The molecule has 10 heteroatoms. The standard InChI is InChI=1S/C25H19N5O5/c1-17-15-20-9-4-5-14-28(20)24(17)25(31)19-11-12-21(23(16-19)30(34)35)27-26-13-6-8-18-7-2-3-10-22(18)29(32)33/h2-16,27H,1H3/b8-6+,26-13-. The molecule has 2 aromatic carbocycles. The number of hydrogen-bond donors (Lipinski definition) is 1. The number of anilines is 1. The van der Waals surface area contributed by atoms with Crippen LogP contribution in [0.25, 0.3) is 11.6 Å². The molecule has 0 spiro atoms. The summed E-state index contributed by atoms with van der Waals surface area (Å²) in [6, 6.07) is 17.8. The van der Waals surface area contributed by atoms with E-state index in [-0.39, 0.29) is 28.4 Å². The van der Waals surface area contributed by atoms with Crippen molar-refractivity contribution in [2.24, 2.45) is 5.10 Å². The largest absolute Gasteiger partial charge is 0.313 e. The van der Waals surface area contributed by atoms with Crippen LogP contribution in [-0.4, -0.2) is 26.2 Å². The van der Waals surface area contributed by atoms with E-state index in [2.05, 4.69) is 10.5 Å². The summed E-state index contributed by atoms with van der Waals surface area (Å²) < 4.78 is 1.75. The number of pyridine rings is 1. The highest BCUT2D eigenvalue weighted by molar-refractivity contribution is 6.10. The van der Waals surface area contributed by atoms with E-state index >= 15 is 0 Å². The van der Waals surface area contributed by atoms with Crippen LogP contribution < -0.4 is 5.43 Å². The summed E-state index contributed by atoms with van der Waals surface area (Å²) in [7, 11) is 0. The summed E-state index contributed by atoms with van der Waals surface area (Å²) >= 11 is 0. The van der Waals surface area contributed by atoms with Gasteiger partial charge < -0.3 is 4.40 Å². The molecule has 0 saturated carbocycles. The molecule has 4 aromatic rings. The monoisotopic (exact) mass is 469 g/mol. The number of nitrogens with one attached hydrogen (secondary N) is 1. The van der Waals surface area contributed by atoms with Crippen LogP contribution >= 0.6 is 0 Å². The van der Waals surface area contributed by atoms with Crippen molar-refractivity contribution >= 4 is 40.7 Å². The molecule has 10 nitrogen and oxygen atoms in total. The summed E-state index contributed by atoms with van der Waals surface area (Å²) in [5.74, 6) is -0.334. The number of benzene rings is 2. The lowest BCUT2D eigenvalue weighted by Crippen LogP contribution is -2.08. The number of hydrogen-bond acceptors (Lipinski definition) is 7. The van der Waals surface area contributed by atoms with Gasteiger partial charge in [0.15, 0.2) is 0 Å². The molecule has 174 valence electrons. The molecule has 1 N–H and O–H groups in total. The van der Waals surface area contributed by atoms with Crippen molar-refractivity contribution in [1.29, 1.82) is 0 Å². The summed E-state index contributed by atoms with van der Waals surface area (Å²) in [5.41, 5.74) is 4.95. The second kappa shape index (κ2) is 9.79. The Morgan fingerprint density at radius 1 is 0.971 bits per heavy atom. The van der Waals surface area contributed by atoms with Gasteiger partial charge in [0.1, 0.15) is 5.69 Å². The normalized spacial score (nSPS) is 11.3. The molecular weight excluding hydrogens is 450 g/mol. The summed E-state index contributed by atoms with van der Waals surface area (Å²) in [5, 5.41) is 26.7. The van der Waals surface area contributed by atoms with E-state index in [1.54, 1.807) is 34.9 Å². The zero-order chi connectivity index (χ0) is 24.9. The zero-order valence-corrected chi connectivity index (χ0v) is 18.5. The van der Waals surface area contributed by atoms with Gasteiger partial charge in [0.05, 0.1) is 21.1 Å². The number of aryl methyl sites for hydroxylation is 1. The van der Waals surface area contributed by atoms with Crippen LogP contribution in [-0.2, 0) is 0 Å². The number of allylic oxidation sites excluding steroid dienone is 1. The molecule has 0 atom stereocenters. The van der Waals surface area contributed by atoms with Gasteiger partial charge in [-0.05, 0) is 61.0 Å². The minimum atomic E-state index is -0.596. The third-order valence-corrected chi connectivity index (χ3v) is 5.30. The van der Waals surface area contributed by atoms with Crippen molar-refractivity contribution in [3.63, 3.8) is 0 Å². The van der Waals surface area contributed by atoms with Gasteiger partial charge in [-0.2, -0.15) is 5.10 Å². The maximum Gasteiger partial charge on any atom is 0.294 e. The molecule has 2 heterocycles. The van der Waals surface area contributed by atoms with Gasteiger partial charge in [-0.15, -0.1) is 0 Å². The molecule has 2 aromatic heterocycles. The molecule has 0 unspecified atom stereocenters. The predicted octanol–water partition coefficient (Wildman–Crippen LogP) is 5.41. The minimum Gasteiger partial charge on any atom is -0.313 e. The summed E-state index contributed by atoms with van der Waals surface area (Å²) in [6.07, 6.45) is 6.06. The number of rotatable bonds is 8. The van der Waals surface area contributed by atoms with Crippen molar-refractivity contribution in [2.45, 2.75) is 6.92 Å². The topological polar surface area (TPSA) is 132 Å². The molecule has 0 aliphatic rings. The van der Waals surface area contributed by atoms with E-state index in [1.165, 1.54) is 42.6 Å². The third-order valence-electron chi connectivity index (χ3n) is 5.30. The fourth-order valence-corrected chi connectivity index (χ4v) is 3.69. The average Bonchev–Trinajstić information content (AvgIpc) is 3.19. The van der Waals surface area contributed by atoms with Crippen LogP contribution in [0.2, 0.25) is 0 Å². The maximum absolute atomic E-state index is 13.2. The SMILES string of the molecule is Cc1cc2ccccn2c1C(=O)c1ccc(N/N=C\C=C\c2ccccc2[N+](=O)[O-])c([N+](=O)[O-])c1. The van der Waals surface area contributed by atoms with Crippen molar-refractivity contribution < 1.29 is 14.6 Å². The number of nitro groups is 2. The molecule has 0 aliphatic carbocycles. The number of carbonyl (C=O) groups is 1. The predicted molar refractivity (Wildman–Crippen MR) is 133 cm³/mol. The zero-order valence-electron chi connectivity index (χ0n) is 18.5. The quantitative estimate of drug-likeness (QED) is 0.159. The lowest BCUT2D eigenvalue weighted by Gasteiger charge is -2.07. The van der Waals surface area contributed by atoms with Crippen LogP contribution in [0.5, 0.6) is 0 Å². The third kappa shape index (κ3) is 4.81. The second-order valence-electron chi connectivity index (χ2n) is 7.55.